The van der Waals surface area contributed by atoms with Crippen molar-refractivity contribution < 1.29 is 14.3 Å². The molecule has 0 aliphatic heterocycles. The highest BCUT2D eigenvalue weighted by atomic mass is 79.9. The Morgan fingerprint density at radius 1 is 1.15 bits per heavy atom. The van der Waals surface area contributed by atoms with E-state index in [2.05, 4.69) is 49.6 Å². The minimum atomic E-state index is -0.453. The number of rotatable bonds is 7. The molecule has 0 saturated carbocycles. The molecule has 8 heteroatoms. The first-order valence-electron chi connectivity index (χ1n) is 9.97. The number of carbonyl (C=O) groups excluding carboxylic acids is 1. The van der Waals surface area contributed by atoms with Crippen LogP contribution in [0.2, 0.25) is 5.15 Å². The summed E-state index contributed by atoms with van der Waals surface area (Å²) in [6, 6.07) is 21.1. The molecular weight excluding hydrogens is 506 g/mol. The van der Waals surface area contributed by atoms with Crippen LogP contribution in [0.3, 0.4) is 0 Å². The second-order valence-corrected chi connectivity index (χ2v) is 8.21. The first kappa shape index (κ1) is 22.8. The molecule has 0 spiro atoms. The number of carbonyl (C=O) groups is 1. The number of hydrogen-bond acceptors (Lipinski definition) is 5. The Morgan fingerprint density at radius 2 is 1.97 bits per heavy atom. The molecule has 0 bridgehead atoms. The molecule has 33 heavy (non-hydrogen) atoms. The van der Waals surface area contributed by atoms with Crippen LogP contribution in [0.1, 0.15) is 21.5 Å². The molecule has 0 atom stereocenters. The van der Waals surface area contributed by atoms with Gasteiger partial charge in [-0.25, -0.2) is 10.4 Å². The number of hydrazone groups is 1. The average molecular weight is 525 g/mol. The van der Waals surface area contributed by atoms with Gasteiger partial charge in [-0.3, -0.25) is 4.79 Å². The number of fused-ring (bicyclic) bond motifs is 1. The maximum absolute atomic E-state index is 12.2. The Labute approximate surface area is 204 Å². The van der Waals surface area contributed by atoms with Crippen LogP contribution in [0.15, 0.2) is 82.5 Å². The van der Waals surface area contributed by atoms with Crippen LogP contribution in [0.4, 0.5) is 0 Å². The Bertz CT molecular complexity index is 1340. The summed E-state index contributed by atoms with van der Waals surface area (Å²) in [7, 11) is 1.57. The van der Waals surface area contributed by atoms with Gasteiger partial charge in [0.15, 0.2) is 11.5 Å². The standard InChI is InChI=1S/C25H19BrClN3O3/c1-32-22-13-16(14-29-30-25(31)20-10-5-11-28-24(20)27)12-21(26)23(22)33-15-18-8-4-7-17-6-2-3-9-19(17)18/h2-14H,15H2,1H3,(H,30,31). The van der Waals surface area contributed by atoms with Gasteiger partial charge in [0.05, 0.1) is 23.4 Å². The van der Waals surface area contributed by atoms with Crippen molar-refractivity contribution in [3.63, 3.8) is 0 Å². The minimum absolute atomic E-state index is 0.113. The van der Waals surface area contributed by atoms with Gasteiger partial charge in [-0.15, -0.1) is 0 Å². The van der Waals surface area contributed by atoms with Gasteiger partial charge in [-0.2, -0.15) is 5.10 Å². The molecule has 6 nitrogen and oxygen atoms in total. The molecule has 1 amide bonds. The van der Waals surface area contributed by atoms with Gasteiger partial charge in [0.2, 0.25) is 0 Å². The van der Waals surface area contributed by atoms with Crippen molar-refractivity contribution in [3.8, 4) is 11.5 Å². The normalized spacial score (nSPS) is 11.0. The monoisotopic (exact) mass is 523 g/mol. The molecule has 3 aromatic carbocycles. The number of hydrogen-bond donors (Lipinski definition) is 1. The average Bonchev–Trinajstić information content (AvgIpc) is 2.83. The van der Waals surface area contributed by atoms with Crippen LogP contribution >= 0.6 is 27.5 Å². The van der Waals surface area contributed by atoms with Crippen molar-refractivity contribution in [3.05, 3.63) is 99.2 Å². The van der Waals surface area contributed by atoms with Crippen molar-refractivity contribution in [2.45, 2.75) is 6.61 Å². The van der Waals surface area contributed by atoms with E-state index in [9.17, 15) is 4.79 Å². The third-order valence-electron chi connectivity index (χ3n) is 4.89. The van der Waals surface area contributed by atoms with E-state index in [1.54, 1.807) is 25.3 Å². The summed E-state index contributed by atoms with van der Waals surface area (Å²) in [5.41, 5.74) is 4.46. The number of ether oxygens (including phenoxy) is 2. The van der Waals surface area contributed by atoms with E-state index in [4.69, 9.17) is 21.1 Å². The maximum atomic E-state index is 12.2. The third-order valence-corrected chi connectivity index (χ3v) is 5.78. The Balaban J connectivity index is 1.49. The van der Waals surface area contributed by atoms with Crippen LogP contribution in [-0.2, 0) is 6.61 Å². The van der Waals surface area contributed by atoms with Crippen LogP contribution in [0.5, 0.6) is 11.5 Å². The lowest BCUT2D eigenvalue weighted by molar-refractivity contribution is 0.0955. The summed E-state index contributed by atoms with van der Waals surface area (Å²) in [4.78, 5) is 16.1. The SMILES string of the molecule is COc1cc(C=NNC(=O)c2cccnc2Cl)cc(Br)c1OCc1cccc2ccccc12. The molecule has 1 heterocycles. The van der Waals surface area contributed by atoms with Gasteiger partial charge < -0.3 is 9.47 Å². The predicted molar refractivity (Wildman–Crippen MR) is 133 cm³/mol. The summed E-state index contributed by atoms with van der Waals surface area (Å²) in [5.74, 6) is 0.659. The van der Waals surface area contributed by atoms with E-state index < -0.39 is 5.91 Å². The van der Waals surface area contributed by atoms with E-state index in [-0.39, 0.29) is 10.7 Å². The number of benzene rings is 3. The van der Waals surface area contributed by atoms with Gasteiger partial charge in [-0.05, 0) is 62.1 Å². The van der Waals surface area contributed by atoms with Crippen LogP contribution in [0.25, 0.3) is 10.8 Å². The highest BCUT2D eigenvalue weighted by Gasteiger charge is 2.13. The van der Waals surface area contributed by atoms with Crippen molar-refractivity contribution in [1.82, 2.24) is 10.4 Å². The van der Waals surface area contributed by atoms with Crippen molar-refractivity contribution in [2.75, 3.05) is 7.11 Å². The number of amides is 1. The van der Waals surface area contributed by atoms with Gasteiger partial charge in [-0.1, -0.05) is 54.1 Å². The zero-order chi connectivity index (χ0) is 23.2. The quantitative estimate of drug-likeness (QED) is 0.183. The van der Waals surface area contributed by atoms with Crippen molar-refractivity contribution in [2.24, 2.45) is 5.10 Å². The molecule has 0 fully saturated rings. The van der Waals surface area contributed by atoms with Gasteiger partial charge in [0.1, 0.15) is 11.8 Å². The molecule has 0 radical (unpaired) electrons. The van der Waals surface area contributed by atoms with E-state index in [0.29, 0.717) is 28.1 Å². The molecule has 4 rings (SSSR count). The summed E-state index contributed by atoms with van der Waals surface area (Å²) >= 11 is 9.49. The number of halogens is 2. The Hall–Kier alpha value is -3.42. The Kier molecular flexibility index (Phi) is 7.22. The zero-order valence-electron chi connectivity index (χ0n) is 17.6. The molecule has 166 valence electrons. The fourth-order valence-electron chi connectivity index (χ4n) is 3.30. The van der Waals surface area contributed by atoms with Gasteiger partial charge >= 0.3 is 0 Å². The molecular formula is C25H19BrClN3O3. The summed E-state index contributed by atoms with van der Waals surface area (Å²) in [5, 5.41) is 6.42. The van der Waals surface area contributed by atoms with Gasteiger partial charge in [0, 0.05) is 6.20 Å². The van der Waals surface area contributed by atoms with Crippen LogP contribution < -0.4 is 14.9 Å². The lowest BCUT2D eigenvalue weighted by Gasteiger charge is -2.14. The second-order valence-electron chi connectivity index (χ2n) is 7.00. The minimum Gasteiger partial charge on any atom is -0.493 e. The Morgan fingerprint density at radius 3 is 2.79 bits per heavy atom. The van der Waals surface area contributed by atoms with Crippen molar-refractivity contribution in [1.29, 1.82) is 0 Å². The smallest absolute Gasteiger partial charge is 0.274 e. The van der Waals surface area contributed by atoms with Crippen molar-refractivity contribution >= 4 is 50.4 Å². The van der Waals surface area contributed by atoms with E-state index in [0.717, 1.165) is 16.3 Å². The highest BCUT2D eigenvalue weighted by molar-refractivity contribution is 9.10. The molecule has 1 N–H and O–H groups in total. The number of nitrogens with one attached hydrogen (secondary N) is 1. The fourth-order valence-corrected chi connectivity index (χ4v) is 4.08. The first-order valence-corrected chi connectivity index (χ1v) is 11.1. The second kappa shape index (κ2) is 10.5. The topological polar surface area (TPSA) is 72.8 Å². The molecule has 0 saturated heterocycles. The van der Waals surface area contributed by atoms with E-state index in [1.165, 1.54) is 12.4 Å². The van der Waals surface area contributed by atoms with E-state index in [1.807, 2.05) is 30.3 Å². The van der Waals surface area contributed by atoms with Crippen LogP contribution in [0, 0.1) is 0 Å². The summed E-state index contributed by atoms with van der Waals surface area (Å²) in [6.07, 6.45) is 3.01. The lowest BCUT2D eigenvalue weighted by Crippen LogP contribution is -2.18. The molecule has 0 aliphatic rings. The molecule has 1 aromatic heterocycles. The number of aromatic nitrogens is 1. The third kappa shape index (κ3) is 5.32. The number of pyridine rings is 1. The predicted octanol–water partition coefficient (Wildman–Crippen LogP) is 6.00. The van der Waals surface area contributed by atoms with Gasteiger partial charge in [0.25, 0.3) is 5.91 Å². The number of nitrogens with zero attached hydrogens (tertiary/aromatic N) is 2. The molecule has 0 unspecified atom stereocenters. The number of methoxy groups -OCH3 is 1. The lowest BCUT2D eigenvalue weighted by atomic mass is 10.1. The van der Waals surface area contributed by atoms with Crippen LogP contribution in [-0.4, -0.2) is 24.2 Å². The first-order chi connectivity index (χ1) is 16.1. The maximum Gasteiger partial charge on any atom is 0.274 e. The fraction of sp³-hybridized carbons (Fsp3) is 0.0800. The molecule has 4 aromatic rings. The largest absolute Gasteiger partial charge is 0.493 e. The zero-order valence-corrected chi connectivity index (χ0v) is 19.9. The molecule has 0 aliphatic carbocycles. The summed E-state index contributed by atoms with van der Waals surface area (Å²) in [6.45, 7) is 0.381. The highest BCUT2D eigenvalue weighted by Crippen LogP contribution is 2.37. The van der Waals surface area contributed by atoms with E-state index >= 15 is 0 Å². The summed E-state index contributed by atoms with van der Waals surface area (Å²) < 4.78 is 12.3.